The van der Waals surface area contributed by atoms with Crippen molar-refractivity contribution < 1.29 is 9.53 Å². The summed E-state index contributed by atoms with van der Waals surface area (Å²) in [7, 11) is 0. The minimum atomic E-state index is -0.235. The lowest BCUT2D eigenvalue weighted by molar-refractivity contribution is -0.118. The van der Waals surface area contributed by atoms with Crippen molar-refractivity contribution in [2.24, 2.45) is 0 Å². The summed E-state index contributed by atoms with van der Waals surface area (Å²) in [6.45, 7) is 1.88. The number of imidazole rings is 1. The van der Waals surface area contributed by atoms with Crippen molar-refractivity contribution in [1.29, 1.82) is 0 Å². The molecule has 0 fully saturated rings. The quantitative estimate of drug-likeness (QED) is 0.578. The highest BCUT2D eigenvalue weighted by atomic mass is 16.5. The van der Waals surface area contributed by atoms with Crippen LogP contribution in [0.25, 0.3) is 16.9 Å². The first-order valence-corrected chi connectivity index (χ1v) is 8.73. The smallest absolute Gasteiger partial charge is 0.263 e. The van der Waals surface area contributed by atoms with Gasteiger partial charge in [0.2, 0.25) is 0 Å². The second-order valence-corrected chi connectivity index (χ2v) is 6.21. The van der Waals surface area contributed by atoms with Gasteiger partial charge in [-0.15, -0.1) is 0 Å². The van der Waals surface area contributed by atoms with E-state index in [9.17, 15) is 4.79 Å². The molecule has 0 radical (unpaired) electrons. The van der Waals surface area contributed by atoms with E-state index in [0.717, 1.165) is 22.5 Å². The molecule has 134 valence electrons. The number of nitrogens with one attached hydrogen (secondary N) is 1. The Morgan fingerprint density at radius 3 is 2.56 bits per heavy atom. The van der Waals surface area contributed by atoms with Crippen LogP contribution in [0, 0.1) is 6.92 Å². The zero-order valence-electron chi connectivity index (χ0n) is 14.9. The molecule has 0 aliphatic carbocycles. The van der Waals surface area contributed by atoms with E-state index in [4.69, 9.17) is 4.74 Å². The molecule has 2 aromatic heterocycles. The Hall–Kier alpha value is -3.60. The van der Waals surface area contributed by atoms with Crippen molar-refractivity contribution in [3.63, 3.8) is 0 Å². The van der Waals surface area contributed by atoms with Crippen LogP contribution in [-0.4, -0.2) is 21.9 Å². The number of para-hydroxylation sites is 1. The summed E-state index contributed by atoms with van der Waals surface area (Å²) in [4.78, 5) is 17.2. The van der Waals surface area contributed by atoms with Crippen molar-refractivity contribution in [3.05, 3.63) is 84.6 Å². The Labute approximate surface area is 157 Å². The summed E-state index contributed by atoms with van der Waals surface area (Å²) in [6, 6.07) is 23.2. The molecule has 4 rings (SSSR count). The number of aryl methyl sites for hydroxylation is 1. The van der Waals surface area contributed by atoms with E-state index in [-0.39, 0.29) is 12.5 Å². The minimum absolute atomic E-state index is 0.0703. The Morgan fingerprint density at radius 1 is 1.00 bits per heavy atom. The minimum Gasteiger partial charge on any atom is -0.483 e. The van der Waals surface area contributed by atoms with Crippen LogP contribution in [-0.2, 0) is 4.79 Å². The van der Waals surface area contributed by atoms with E-state index in [1.165, 1.54) is 0 Å². The van der Waals surface area contributed by atoms with Gasteiger partial charge in [-0.1, -0.05) is 54.6 Å². The van der Waals surface area contributed by atoms with Gasteiger partial charge in [-0.2, -0.15) is 0 Å². The summed E-state index contributed by atoms with van der Waals surface area (Å²) < 4.78 is 7.53. The van der Waals surface area contributed by atoms with Crippen molar-refractivity contribution in [2.75, 3.05) is 11.9 Å². The number of anilines is 1. The van der Waals surface area contributed by atoms with Gasteiger partial charge in [0.15, 0.2) is 6.61 Å². The molecule has 0 saturated heterocycles. The SMILES string of the molecule is Cc1ccccc1OCC(=O)Nc1c(-c2ccccc2)nc2ccccn12. The molecule has 5 nitrogen and oxygen atoms in total. The Morgan fingerprint density at radius 2 is 1.74 bits per heavy atom. The molecule has 5 heteroatoms. The molecule has 0 spiro atoms. The third-order valence-electron chi connectivity index (χ3n) is 4.29. The first kappa shape index (κ1) is 16.8. The van der Waals surface area contributed by atoms with Crippen molar-refractivity contribution in [3.8, 4) is 17.0 Å². The Balaban J connectivity index is 1.61. The number of carbonyl (C=O) groups is 1. The molecule has 0 unspecified atom stereocenters. The third kappa shape index (κ3) is 3.53. The third-order valence-corrected chi connectivity index (χ3v) is 4.29. The molecule has 1 N–H and O–H groups in total. The van der Waals surface area contributed by atoms with Crippen molar-refractivity contribution >= 4 is 17.4 Å². The molecule has 4 aromatic rings. The normalized spacial score (nSPS) is 10.7. The van der Waals surface area contributed by atoms with Gasteiger partial charge in [0, 0.05) is 11.8 Å². The number of fused-ring (bicyclic) bond motifs is 1. The van der Waals surface area contributed by atoms with Crippen molar-refractivity contribution in [2.45, 2.75) is 6.92 Å². The van der Waals surface area contributed by atoms with Gasteiger partial charge in [0.05, 0.1) is 0 Å². The van der Waals surface area contributed by atoms with Gasteiger partial charge in [-0.3, -0.25) is 9.20 Å². The molecule has 0 atom stereocenters. The molecule has 2 aromatic carbocycles. The number of hydrogen-bond acceptors (Lipinski definition) is 3. The molecule has 1 amide bonds. The maximum atomic E-state index is 12.5. The predicted octanol–water partition coefficient (Wildman–Crippen LogP) is 4.33. The number of rotatable bonds is 5. The monoisotopic (exact) mass is 357 g/mol. The molecule has 0 aliphatic rings. The zero-order valence-corrected chi connectivity index (χ0v) is 14.9. The summed E-state index contributed by atoms with van der Waals surface area (Å²) in [5.41, 5.74) is 3.43. The highest BCUT2D eigenvalue weighted by molar-refractivity contribution is 5.95. The largest absolute Gasteiger partial charge is 0.483 e. The van der Waals surface area contributed by atoms with E-state index in [1.807, 2.05) is 90.3 Å². The van der Waals surface area contributed by atoms with Crippen LogP contribution in [0.4, 0.5) is 5.82 Å². The maximum absolute atomic E-state index is 12.5. The molecule has 0 saturated carbocycles. The Kier molecular flexibility index (Phi) is 4.58. The molecule has 2 heterocycles. The number of nitrogens with zero attached hydrogens (tertiary/aromatic N) is 2. The topological polar surface area (TPSA) is 55.6 Å². The summed E-state index contributed by atoms with van der Waals surface area (Å²) in [5.74, 6) is 1.10. The maximum Gasteiger partial charge on any atom is 0.263 e. The standard InChI is InChI=1S/C22H19N3O2/c1-16-9-5-6-12-18(16)27-15-20(26)24-22-21(17-10-3-2-4-11-17)23-19-13-7-8-14-25(19)22/h2-14H,15H2,1H3,(H,24,26). The van der Waals surface area contributed by atoms with Crippen LogP contribution >= 0.6 is 0 Å². The molecule has 27 heavy (non-hydrogen) atoms. The van der Waals surface area contributed by atoms with Crippen molar-refractivity contribution in [1.82, 2.24) is 9.38 Å². The average molecular weight is 357 g/mol. The second-order valence-electron chi connectivity index (χ2n) is 6.21. The highest BCUT2D eigenvalue weighted by Crippen LogP contribution is 2.28. The average Bonchev–Trinajstić information content (AvgIpc) is 3.06. The first-order valence-electron chi connectivity index (χ1n) is 8.73. The van der Waals surface area contributed by atoms with Crippen LogP contribution in [0.3, 0.4) is 0 Å². The fourth-order valence-corrected chi connectivity index (χ4v) is 2.94. The van der Waals surface area contributed by atoms with Gasteiger partial charge >= 0.3 is 0 Å². The number of amides is 1. The lowest BCUT2D eigenvalue weighted by atomic mass is 10.1. The van der Waals surface area contributed by atoms with E-state index < -0.39 is 0 Å². The zero-order chi connectivity index (χ0) is 18.6. The van der Waals surface area contributed by atoms with E-state index >= 15 is 0 Å². The van der Waals surface area contributed by atoms with Gasteiger partial charge in [-0.25, -0.2) is 4.98 Å². The second kappa shape index (κ2) is 7.33. The van der Waals surface area contributed by atoms with Crippen LogP contribution < -0.4 is 10.1 Å². The van der Waals surface area contributed by atoms with E-state index in [0.29, 0.717) is 11.6 Å². The van der Waals surface area contributed by atoms with Crippen LogP contribution in [0.2, 0.25) is 0 Å². The molecular weight excluding hydrogens is 338 g/mol. The number of benzene rings is 2. The van der Waals surface area contributed by atoms with Crippen LogP contribution in [0.5, 0.6) is 5.75 Å². The molecule has 0 aliphatic heterocycles. The number of pyridine rings is 1. The van der Waals surface area contributed by atoms with Gasteiger partial charge in [-0.05, 0) is 30.7 Å². The van der Waals surface area contributed by atoms with Gasteiger partial charge < -0.3 is 10.1 Å². The lowest BCUT2D eigenvalue weighted by Crippen LogP contribution is -2.21. The fraction of sp³-hybridized carbons (Fsp3) is 0.0909. The Bertz CT molecular complexity index is 1090. The van der Waals surface area contributed by atoms with Crippen LogP contribution in [0.15, 0.2) is 79.0 Å². The predicted molar refractivity (Wildman–Crippen MR) is 106 cm³/mol. The molecular formula is C22H19N3O2. The lowest BCUT2D eigenvalue weighted by Gasteiger charge is -2.10. The van der Waals surface area contributed by atoms with Crippen LogP contribution in [0.1, 0.15) is 5.56 Å². The highest BCUT2D eigenvalue weighted by Gasteiger charge is 2.16. The van der Waals surface area contributed by atoms with E-state index in [2.05, 4.69) is 10.3 Å². The van der Waals surface area contributed by atoms with E-state index in [1.54, 1.807) is 0 Å². The van der Waals surface area contributed by atoms with Gasteiger partial charge in [0.1, 0.15) is 22.9 Å². The fourth-order valence-electron chi connectivity index (χ4n) is 2.94. The summed E-state index contributed by atoms with van der Waals surface area (Å²) in [6.07, 6.45) is 1.88. The summed E-state index contributed by atoms with van der Waals surface area (Å²) in [5, 5.41) is 2.96. The first-order chi connectivity index (χ1) is 13.2. The number of carbonyl (C=O) groups excluding carboxylic acids is 1. The number of hydrogen-bond donors (Lipinski definition) is 1. The molecule has 0 bridgehead atoms. The number of ether oxygens (including phenoxy) is 1. The number of aromatic nitrogens is 2. The van der Waals surface area contributed by atoms with Gasteiger partial charge in [0.25, 0.3) is 5.91 Å². The summed E-state index contributed by atoms with van der Waals surface area (Å²) >= 11 is 0.